The Labute approximate surface area is 224 Å². The molecule has 1 aliphatic rings. The van der Waals surface area contributed by atoms with Gasteiger partial charge >= 0.3 is 0 Å². The van der Waals surface area contributed by atoms with Gasteiger partial charge in [0.15, 0.2) is 5.78 Å². The maximum absolute atomic E-state index is 15.2. The lowest BCUT2D eigenvalue weighted by molar-refractivity contribution is -0.122. The van der Waals surface area contributed by atoms with Crippen molar-refractivity contribution in [1.82, 2.24) is 14.9 Å². The molecule has 2 aromatic heterocycles. The number of carbonyl (C=O) groups excluding carboxylic acids is 3. The zero-order chi connectivity index (χ0) is 26.8. The van der Waals surface area contributed by atoms with Crippen LogP contribution in [0.2, 0.25) is 5.02 Å². The van der Waals surface area contributed by atoms with Gasteiger partial charge in [-0.15, -0.1) is 0 Å². The third kappa shape index (κ3) is 5.10. The van der Waals surface area contributed by atoms with Gasteiger partial charge in [0.2, 0.25) is 5.78 Å². The molecule has 3 heterocycles. The summed E-state index contributed by atoms with van der Waals surface area (Å²) < 4.78 is 15.2. The molecule has 0 N–H and O–H groups in total. The Morgan fingerprint density at radius 2 is 1.84 bits per heavy atom. The second-order valence-electron chi connectivity index (χ2n) is 9.23. The fraction of sp³-hybridized carbons (Fsp3) is 0.167. The Morgan fingerprint density at radius 1 is 1.03 bits per heavy atom. The number of nitrogens with zero attached hydrogens (tertiary/aromatic N) is 3. The summed E-state index contributed by atoms with van der Waals surface area (Å²) in [6.07, 6.45) is 3.37. The SMILES string of the molecule is Cc1cccnc1C(=O)c1ccc(CN2C(=O)c3ccc(Cl)cc3CC(=O)[C@H]2Cc2ccccn2)cc1F. The molecular weight excluding hydrogens is 505 g/mol. The number of carbonyl (C=O) groups is 3. The minimum absolute atomic E-state index is 0.0296. The van der Waals surface area contributed by atoms with Gasteiger partial charge in [0.05, 0.1) is 11.6 Å². The molecule has 0 aliphatic carbocycles. The van der Waals surface area contributed by atoms with Gasteiger partial charge in [0.25, 0.3) is 5.91 Å². The fourth-order valence-electron chi connectivity index (χ4n) is 4.70. The number of hydrogen-bond donors (Lipinski definition) is 0. The summed E-state index contributed by atoms with van der Waals surface area (Å²) in [7, 11) is 0. The number of ketones is 2. The van der Waals surface area contributed by atoms with Gasteiger partial charge in [-0.25, -0.2) is 4.39 Å². The number of halogens is 2. The van der Waals surface area contributed by atoms with Crippen molar-refractivity contribution in [2.24, 2.45) is 0 Å². The van der Waals surface area contributed by atoms with E-state index in [0.29, 0.717) is 33.0 Å². The minimum Gasteiger partial charge on any atom is -0.324 e. The molecule has 0 fully saturated rings. The highest BCUT2D eigenvalue weighted by Crippen LogP contribution is 2.27. The minimum atomic E-state index is -0.816. The summed E-state index contributed by atoms with van der Waals surface area (Å²) in [6.45, 7) is 1.71. The Kier molecular flexibility index (Phi) is 7.11. The van der Waals surface area contributed by atoms with Crippen LogP contribution in [0.25, 0.3) is 0 Å². The Balaban J connectivity index is 1.50. The quantitative estimate of drug-likeness (QED) is 0.322. The van der Waals surface area contributed by atoms with Gasteiger partial charge in [-0.1, -0.05) is 29.8 Å². The number of aromatic nitrogens is 2. The average molecular weight is 528 g/mol. The van der Waals surface area contributed by atoms with Crippen molar-refractivity contribution in [1.29, 1.82) is 0 Å². The van der Waals surface area contributed by atoms with Crippen LogP contribution < -0.4 is 0 Å². The van der Waals surface area contributed by atoms with Crippen LogP contribution in [0.15, 0.2) is 79.1 Å². The second kappa shape index (κ2) is 10.6. The van der Waals surface area contributed by atoms with Gasteiger partial charge in [-0.2, -0.15) is 0 Å². The molecule has 8 heteroatoms. The van der Waals surface area contributed by atoms with Gasteiger partial charge in [0, 0.05) is 48.1 Å². The number of benzene rings is 2. The summed E-state index contributed by atoms with van der Waals surface area (Å²) in [5.41, 5.74) is 2.75. The van der Waals surface area contributed by atoms with Crippen molar-refractivity contribution in [3.63, 3.8) is 0 Å². The molecule has 4 aromatic rings. The van der Waals surface area contributed by atoms with E-state index in [0.717, 1.165) is 0 Å². The highest BCUT2D eigenvalue weighted by atomic mass is 35.5. The summed E-state index contributed by atoms with van der Waals surface area (Å²) in [6, 6.07) is 17.1. The molecule has 190 valence electrons. The lowest BCUT2D eigenvalue weighted by atomic mass is 9.99. The normalized spacial score (nSPS) is 15.2. The first-order valence-electron chi connectivity index (χ1n) is 12.1. The first-order valence-corrected chi connectivity index (χ1v) is 12.5. The molecule has 0 bridgehead atoms. The van der Waals surface area contributed by atoms with E-state index in [1.165, 1.54) is 23.2 Å². The Morgan fingerprint density at radius 3 is 2.58 bits per heavy atom. The summed E-state index contributed by atoms with van der Waals surface area (Å²) in [5.74, 6) is -1.76. The molecule has 0 radical (unpaired) electrons. The number of rotatable bonds is 6. The molecule has 6 nitrogen and oxygen atoms in total. The maximum atomic E-state index is 15.2. The number of pyridine rings is 2. The number of fused-ring (bicyclic) bond motifs is 1. The van der Waals surface area contributed by atoms with Crippen LogP contribution in [0.1, 0.15) is 48.8 Å². The molecule has 0 saturated carbocycles. The summed E-state index contributed by atoms with van der Waals surface area (Å²) in [5, 5.41) is 0.435. The van der Waals surface area contributed by atoms with Crippen molar-refractivity contribution >= 4 is 29.1 Å². The van der Waals surface area contributed by atoms with E-state index in [4.69, 9.17) is 11.6 Å². The number of Topliss-reactive ketones (excluding diaryl/α,β-unsaturated/α-hetero) is 1. The highest BCUT2D eigenvalue weighted by Gasteiger charge is 2.36. The van der Waals surface area contributed by atoms with E-state index in [9.17, 15) is 14.4 Å². The van der Waals surface area contributed by atoms with Crippen molar-refractivity contribution < 1.29 is 18.8 Å². The van der Waals surface area contributed by atoms with E-state index >= 15 is 4.39 Å². The van der Waals surface area contributed by atoms with E-state index in [2.05, 4.69) is 9.97 Å². The van der Waals surface area contributed by atoms with E-state index < -0.39 is 17.6 Å². The van der Waals surface area contributed by atoms with E-state index in [-0.39, 0.29) is 42.3 Å². The molecule has 0 unspecified atom stereocenters. The fourth-order valence-corrected chi connectivity index (χ4v) is 4.90. The number of hydrogen-bond acceptors (Lipinski definition) is 5. The van der Waals surface area contributed by atoms with E-state index in [1.54, 1.807) is 61.7 Å². The van der Waals surface area contributed by atoms with Crippen LogP contribution in [0.5, 0.6) is 0 Å². The predicted molar refractivity (Wildman–Crippen MR) is 141 cm³/mol. The Bertz CT molecular complexity index is 1560. The molecule has 38 heavy (non-hydrogen) atoms. The van der Waals surface area contributed by atoms with Crippen LogP contribution in [-0.2, 0) is 24.2 Å². The van der Waals surface area contributed by atoms with Crippen molar-refractivity contribution in [2.75, 3.05) is 0 Å². The molecule has 5 rings (SSSR count). The van der Waals surface area contributed by atoms with Crippen molar-refractivity contribution in [3.05, 3.63) is 129 Å². The first kappa shape index (κ1) is 25.4. The second-order valence-corrected chi connectivity index (χ2v) is 9.67. The topological polar surface area (TPSA) is 80.2 Å². The zero-order valence-corrected chi connectivity index (χ0v) is 21.3. The van der Waals surface area contributed by atoms with Gasteiger partial charge < -0.3 is 4.90 Å². The molecule has 1 atom stereocenters. The van der Waals surface area contributed by atoms with Crippen molar-refractivity contribution in [3.8, 4) is 0 Å². The van der Waals surface area contributed by atoms with Crippen LogP contribution >= 0.6 is 11.6 Å². The predicted octanol–water partition coefficient (Wildman–Crippen LogP) is 5.19. The summed E-state index contributed by atoms with van der Waals surface area (Å²) in [4.78, 5) is 50.0. The molecule has 1 aliphatic heterocycles. The van der Waals surface area contributed by atoms with Crippen LogP contribution in [0.4, 0.5) is 4.39 Å². The molecule has 2 aromatic carbocycles. The third-order valence-electron chi connectivity index (χ3n) is 6.66. The van der Waals surface area contributed by atoms with E-state index in [1.807, 2.05) is 6.07 Å². The standard InChI is InChI=1S/C30H23ClFN3O3/c1-18-5-4-12-34-28(18)29(37)24-9-7-19(13-25(24)32)17-35-26(16-22-6-2-3-11-33-22)27(36)15-20-14-21(31)8-10-23(20)30(35)38/h2-14,26H,15-17H2,1H3/t26-/m1/s1. The van der Waals surface area contributed by atoms with Gasteiger partial charge in [-0.05, 0) is 72.1 Å². The molecule has 0 saturated heterocycles. The molecule has 1 amide bonds. The largest absolute Gasteiger partial charge is 0.324 e. The zero-order valence-electron chi connectivity index (χ0n) is 20.5. The molecular formula is C30H23ClFN3O3. The van der Waals surface area contributed by atoms with Gasteiger partial charge in [-0.3, -0.25) is 24.4 Å². The number of aryl methyl sites for hydroxylation is 1. The van der Waals surface area contributed by atoms with Crippen LogP contribution in [-0.4, -0.2) is 38.4 Å². The Hall–Kier alpha value is -4.23. The van der Waals surface area contributed by atoms with Crippen molar-refractivity contribution in [2.45, 2.75) is 32.4 Å². The number of amides is 1. The average Bonchev–Trinajstić information content (AvgIpc) is 2.99. The van der Waals surface area contributed by atoms with Gasteiger partial charge in [0.1, 0.15) is 11.5 Å². The lowest BCUT2D eigenvalue weighted by Crippen LogP contribution is -2.45. The first-order chi connectivity index (χ1) is 18.3. The summed E-state index contributed by atoms with van der Waals surface area (Å²) >= 11 is 6.15. The maximum Gasteiger partial charge on any atom is 0.255 e. The smallest absolute Gasteiger partial charge is 0.255 e. The monoisotopic (exact) mass is 527 g/mol. The molecule has 0 spiro atoms. The third-order valence-corrected chi connectivity index (χ3v) is 6.89. The highest BCUT2D eigenvalue weighted by molar-refractivity contribution is 6.30. The van der Waals surface area contributed by atoms with Crippen LogP contribution in [0.3, 0.4) is 0 Å². The van der Waals surface area contributed by atoms with Crippen LogP contribution in [0, 0.1) is 12.7 Å². The lowest BCUT2D eigenvalue weighted by Gasteiger charge is -2.29.